The molecule has 0 unspecified atom stereocenters. The molecule has 2 atom stereocenters. The lowest BCUT2D eigenvalue weighted by atomic mass is 10.2. The van der Waals surface area contributed by atoms with Crippen molar-refractivity contribution in [1.29, 1.82) is 5.41 Å². The summed E-state index contributed by atoms with van der Waals surface area (Å²) in [4.78, 5) is 1.83. The Kier molecular flexibility index (Phi) is 2.34. The molecule has 1 saturated heterocycles. The summed E-state index contributed by atoms with van der Waals surface area (Å²) >= 11 is 0. The Morgan fingerprint density at radius 1 is 1.45 bits per heavy atom. The van der Waals surface area contributed by atoms with Gasteiger partial charge in [-0.1, -0.05) is 0 Å². The number of nitrogens with one attached hydrogen (secondary N) is 1. The fourth-order valence-electron chi connectivity index (χ4n) is 1.37. The highest BCUT2D eigenvalue weighted by molar-refractivity contribution is 5.74. The first-order valence-electron chi connectivity index (χ1n) is 3.84. The zero-order valence-electron chi connectivity index (χ0n) is 7.00. The minimum Gasteiger partial charge on any atom is -0.372 e. The summed E-state index contributed by atoms with van der Waals surface area (Å²) < 4.78 is 5.47. The van der Waals surface area contributed by atoms with E-state index in [1.165, 1.54) is 0 Å². The third-order valence-electron chi connectivity index (χ3n) is 1.76. The predicted molar refractivity (Wildman–Crippen MR) is 43.5 cm³/mol. The molecule has 0 amide bonds. The largest absolute Gasteiger partial charge is 0.372 e. The van der Waals surface area contributed by atoms with Gasteiger partial charge < -0.3 is 15.4 Å². The van der Waals surface area contributed by atoms with E-state index < -0.39 is 0 Å². The van der Waals surface area contributed by atoms with E-state index in [2.05, 4.69) is 0 Å². The number of morpholine rings is 1. The van der Waals surface area contributed by atoms with Crippen molar-refractivity contribution in [2.45, 2.75) is 26.1 Å². The van der Waals surface area contributed by atoms with Crippen LogP contribution in [0.25, 0.3) is 0 Å². The molecule has 3 N–H and O–H groups in total. The molecule has 1 heterocycles. The fraction of sp³-hybridized carbons (Fsp3) is 0.857. The van der Waals surface area contributed by atoms with Crippen LogP contribution < -0.4 is 5.73 Å². The van der Waals surface area contributed by atoms with E-state index in [0.29, 0.717) is 0 Å². The Hall–Kier alpha value is -0.770. The number of nitrogens with two attached hydrogens (primary N) is 1. The van der Waals surface area contributed by atoms with E-state index in [1.54, 1.807) is 0 Å². The average molecular weight is 157 g/mol. The Morgan fingerprint density at radius 3 is 2.27 bits per heavy atom. The van der Waals surface area contributed by atoms with Crippen molar-refractivity contribution in [2.75, 3.05) is 13.1 Å². The SMILES string of the molecule is C[C@H]1CN(C(=N)N)C[C@H](C)O1. The van der Waals surface area contributed by atoms with Crippen molar-refractivity contribution in [3.63, 3.8) is 0 Å². The number of rotatable bonds is 0. The molecular weight excluding hydrogens is 142 g/mol. The summed E-state index contributed by atoms with van der Waals surface area (Å²) in [5.74, 6) is 0.145. The van der Waals surface area contributed by atoms with E-state index in [4.69, 9.17) is 15.9 Å². The maximum atomic E-state index is 7.22. The van der Waals surface area contributed by atoms with Crippen LogP contribution in [0, 0.1) is 5.41 Å². The molecule has 0 aromatic heterocycles. The van der Waals surface area contributed by atoms with E-state index in [1.807, 2.05) is 18.7 Å². The van der Waals surface area contributed by atoms with Gasteiger partial charge in [0.15, 0.2) is 5.96 Å². The lowest BCUT2D eigenvalue weighted by molar-refractivity contribution is -0.0485. The first-order chi connectivity index (χ1) is 5.09. The Labute approximate surface area is 66.8 Å². The maximum Gasteiger partial charge on any atom is 0.188 e. The highest BCUT2D eigenvalue weighted by atomic mass is 16.5. The monoisotopic (exact) mass is 157 g/mol. The molecule has 0 spiro atoms. The number of hydrogen-bond donors (Lipinski definition) is 2. The molecule has 0 radical (unpaired) electrons. The Morgan fingerprint density at radius 2 is 1.91 bits per heavy atom. The lowest BCUT2D eigenvalue weighted by Crippen LogP contribution is -2.50. The van der Waals surface area contributed by atoms with Crippen LogP contribution in [0.5, 0.6) is 0 Å². The van der Waals surface area contributed by atoms with Crippen molar-refractivity contribution in [3.8, 4) is 0 Å². The normalized spacial score (nSPS) is 32.0. The topological polar surface area (TPSA) is 62.3 Å². The molecule has 0 aliphatic carbocycles. The lowest BCUT2D eigenvalue weighted by Gasteiger charge is -2.35. The van der Waals surface area contributed by atoms with Gasteiger partial charge >= 0.3 is 0 Å². The second-order valence-corrected chi connectivity index (χ2v) is 3.05. The second-order valence-electron chi connectivity index (χ2n) is 3.05. The van der Waals surface area contributed by atoms with Crippen molar-refractivity contribution in [1.82, 2.24) is 4.90 Å². The van der Waals surface area contributed by atoms with Gasteiger partial charge in [-0.2, -0.15) is 0 Å². The zero-order valence-corrected chi connectivity index (χ0v) is 7.00. The number of nitrogens with zero attached hydrogens (tertiary/aromatic N) is 1. The van der Waals surface area contributed by atoms with Gasteiger partial charge in [-0.25, -0.2) is 0 Å². The van der Waals surface area contributed by atoms with Crippen LogP contribution in [0.2, 0.25) is 0 Å². The van der Waals surface area contributed by atoms with Gasteiger partial charge in [0.2, 0.25) is 0 Å². The third-order valence-corrected chi connectivity index (χ3v) is 1.76. The van der Waals surface area contributed by atoms with Crippen LogP contribution in [0.3, 0.4) is 0 Å². The van der Waals surface area contributed by atoms with Crippen molar-refractivity contribution in [2.24, 2.45) is 5.73 Å². The van der Waals surface area contributed by atoms with E-state index in [-0.39, 0.29) is 18.2 Å². The molecule has 1 aliphatic rings. The minimum absolute atomic E-state index is 0.145. The standard InChI is InChI=1S/C7H15N3O/c1-5-3-10(7(8)9)4-6(2)11-5/h5-6H,3-4H2,1-2H3,(H3,8,9)/t5-,6-/m0/s1. The van der Waals surface area contributed by atoms with E-state index in [9.17, 15) is 0 Å². The van der Waals surface area contributed by atoms with Crippen LogP contribution >= 0.6 is 0 Å². The maximum absolute atomic E-state index is 7.22. The zero-order chi connectivity index (χ0) is 8.43. The average Bonchev–Trinajstić information content (AvgIpc) is 1.85. The van der Waals surface area contributed by atoms with E-state index >= 15 is 0 Å². The predicted octanol–water partition coefficient (Wildman–Crippen LogP) is -0.0109. The molecule has 4 heteroatoms. The van der Waals surface area contributed by atoms with Crippen molar-refractivity contribution < 1.29 is 4.74 Å². The van der Waals surface area contributed by atoms with Gasteiger partial charge in [0.1, 0.15) is 0 Å². The molecule has 0 aromatic rings. The highest BCUT2D eigenvalue weighted by Gasteiger charge is 2.22. The molecule has 0 bridgehead atoms. The third kappa shape index (κ3) is 2.08. The quantitative estimate of drug-likeness (QED) is 0.384. The van der Waals surface area contributed by atoms with Gasteiger partial charge in [-0.3, -0.25) is 5.41 Å². The second kappa shape index (κ2) is 3.09. The molecule has 64 valence electrons. The molecule has 4 nitrogen and oxygen atoms in total. The Balaban J connectivity index is 2.49. The first kappa shape index (κ1) is 8.33. The summed E-state index contributed by atoms with van der Waals surface area (Å²) in [6, 6.07) is 0. The van der Waals surface area contributed by atoms with Crippen LogP contribution in [0.15, 0.2) is 0 Å². The van der Waals surface area contributed by atoms with Crippen LogP contribution in [0.1, 0.15) is 13.8 Å². The van der Waals surface area contributed by atoms with Gasteiger partial charge in [0.05, 0.1) is 12.2 Å². The van der Waals surface area contributed by atoms with E-state index in [0.717, 1.165) is 13.1 Å². The number of guanidine groups is 1. The number of hydrogen-bond acceptors (Lipinski definition) is 2. The first-order valence-corrected chi connectivity index (χ1v) is 3.84. The van der Waals surface area contributed by atoms with Crippen molar-refractivity contribution in [3.05, 3.63) is 0 Å². The fourth-order valence-corrected chi connectivity index (χ4v) is 1.37. The van der Waals surface area contributed by atoms with Crippen LogP contribution in [0.4, 0.5) is 0 Å². The number of ether oxygens (including phenoxy) is 1. The van der Waals surface area contributed by atoms with Gasteiger partial charge in [0, 0.05) is 13.1 Å². The molecular formula is C7H15N3O. The highest BCUT2D eigenvalue weighted by Crippen LogP contribution is 2.09. The molecule has 1 aliphatic heterocycles. The molecule has 0 aromatic carbocycles. The minimum atomic E-state index is 0.145. The van der Waals surface area contributed by atoms with Crippen molar-refractivity contribution >= 4 is 5.96 Å². The molecule has 11 heavy (non-hydrogen) atoms. The summed E-state index contributed by atoms with van der Waals surface area (Å²) in [5, 5.41) is 7.22. The molecule has 0 saturated carbocycles. The van der Waals surface area contributed by atoms with Gasteiger partial charge in [0.25, 0.3) is 0 Å². The summed E-state index contributed by atoms with van der Waals surface area (Å²) in [6.07, 6.45) is 0.366. The summed E-state index contributed by atoms with van der Waals surface area (Å²) in [5.41, 5.74) is 5.35. The molecule has 1 rings (SSSR count). The van der Waals surface area contributed by atoms with Gasteiger partial charge in [-0.05, 0) is 13.8 Å². The Bertz CT molecular complexity index is 150. The summed E-state index contributed by atoms with van der Waals surface area (Å²) in [7, 11) is 0. The van der Waals surface area contributed by atoms with Crippen LogP contribution in [-0.4, -0.2) is 36.2 Å². The van der Waals surface area contributed by atoms with Crippen LogP contribution in [-0.2, 0) is 4.74 Å². The summed E-state index contributed by atoms with van der Waals surface area (Å²) in [6.45, 7) is 5.45. The molecule has 1 fully saturated rings. The smallest absolute Gasteiger partial charge is 0.188 e. The van der Waals surface area contributed by atoms with Gasteiger partial charge in [-0.15, -0.1) is 0 Å².